The summed E-state index contributed by atoms with van der Waals surface area (Å²) in [5.41, 5.74) is 0.178. The number of halogens is 1. The van der Waals surface area contributed by atoms with Crippen molar-refractivity contribution in [3.8, 4) is 0 Å². The molecule has 21 heavy (non-hydrogen) atoms. The summed E-state index contributed by atoms with van der Waals surface area (Å²) < 4.78 is 3.06. The lowest BCUT2D eigenvalue weighted by molar-refractivity contribution is 0.346. The Morgan fingerprint density at radius 1 is 1.29 bits per heavy atom. The van der Waals surface area contributed by atoms with Gasteiger partial charge in [0.25, 0.3) is 5.56 Å². The second-order valence-corrected chi connectivity index (χ2v) is 5.78. The highest BCUT2D eigenvalue weighted by atomic mass is 35.5. The van der Waals surface area contributed by atoms with Gasteiger partial charge in [-0.2, -0.15) is 0 Å². The van der Waals surface area contributed by atoms with Gasteiger partial charge in [-0.1, -0.05) is 11.6 Å². The Labute approximate surface area is 127 Å². The summed E-state index contributed by atoms with van der Waals surface area (Å²) in [7, 11) is 0. The maximum absolute atomic E-state index is 12.7. The zero-order valence-electron chi connectivity index (χ0n) is 11.9. The number of aromatic nitrogens is 2. The number of fused-ring (bicyclic) bond motifs is 1. The molecule has 5 nitrogen and oxygen atoms in total. The molecule has 0 spiro atoms. The van der Waals surface area contributed by atoms with Gasteiger partial charge in [0.15, 0.2) is 0 Å². The van der Waals surface area contributed by atoms with E-state index in [2.05, 4.69) is 5.32 Å². The molecule has 1 N–H and O–H groups in total. The summed E-state index contributed by atoms with van der Waals surface area (Å²) in [5.74, 6) is 0. The quantitative estimate of drug-likeness (QED) is 0.920. The molecule has 0 bridgehead atoms. The zero-order valence-corrected chi connectivity index (χ0v) is 12.7. The lowest BCUT2D eigenvalue weighted by Gasteiger charge is -2.25. The van der Waals surface area contributed by atoms with E-state index in [0.717, 1.165) is 25.9 Å². The van der Waals surface area contributed by atoms with Gasteiger partial charge in [-0.05, 0) is 51.1 Å². The summed E-state index contributed by atoms with van der Waals surface area (Å²) in [6.07, 6.45) is 1.61. The Morgan fingerprint density at radius 3 is 2.67 bits per heavy atom. The smallest absolute Gasteiger partial charge is 0.317 e. The molecule has 1 aromatic heterocycles. The largest absolute Gasteiger partial charge is 0.331 e. The zero-order chi connectivity index (χ0) is 15.0. The van der Waals surface area contributed by atoms with Crippen LogP contribution in [0.25, 0.3) is 10.9 Å². The van der Waals surface area contributed by atoms with Gasteiger partial charge in [-0.25, -0.2) is 4.79 Å². The van der Waals surface area contributed by atoms with Crippen LogP contribution in [0.5, 0.6) is 0 Å². The van der Waals surface area contributed by atoms with Crippen LogP contribution in [-0.4, -0.2) is 22.2 Å². The van der Waals surface area contributed by atoms with Crippen LogP contribution < -0.4 is 16.6 Å². The van der Waals surface area contributed by atoms with E-state index in [1.54, 1.807) is 22.8 Å². The van der Waals surface area contributed by atoms with Gasteiger partial charge in [0.1, 0.15) is 0 Å². The van der Waals surface area contributed by atoms with E-state index < -0.39 is 0 Å². The molecular weight excluding hydrogens is 290 g/mol. The number of aryl methyl sites for hydroxylation is 1. The third kappa shape index (κ3) is 2.40. The van der Waals surface area contributed by atoms with Gasteiger partial charge < -0.3 is 5.32 Å². The van der Waals surface area contributed by atoms with Crippen LogP contribution in [0.1, 0.15) is 25.8 Å². The molecule has 1 aliphatic heterocycles. The minimum atomic E-state index is -0.232. The highest BCUT2D eigenvalue weighted by Gasteiger charge is 2.21. The summed E-state index contributed by atoms with van der Waals surface area (Å²) in [6.45, 7) is 4.09. The van der Waals surface area contributed by atoms with Crippen LogP contribution >= 0.6 is 11.6 Å². The summed E-state index contributed by atoms with van der Waals surface area (Å²) in [6, 6.07) is 5.07. The maximum atomic E-state index is 12.7. The minimum Gasteiger partial charge on any atom is -0.317 e. The molecule has 6 heteroatoms. The van der Waals surface area contributed by atoms with E-state index in [4.69, 9.17) is 11.6 Å². The van der Waals surface area contributed by atoms with Crippen molar-refractivity contribution in [2.75, 3.05) is 13.1 Å². The second-order valence-electron chi connectivity index (χ2n) is 5.34. The average Bonchev–Trinajstić information content (AvgIpc) is 2.48. The predicted molar refractivity (Wildman–Crippen MR) is 84.3 cm³/mol. The van der Waals surface area contributed by atoms with E-state index in [1.807, 2.05) is 6.92 Å². The third-order valence-electron chi connectivity index (χ3n) is 4.13. The van der Waals surface area contributed by atoms with Gasteiger partial charge in [0.2, 0.25) is 0 Å². The van der Waals surface area contributed by atoms with Crippen molar-refractivity contribution in [1.82, 2.24) is 14.5 Å². The van der Waals surface area contributed by atoms with Crippen molar-refractivity contribution in [2.24, 2.45) is 0 Å². The fourth-order valence-corrected chi connectivity index (χ4v) is 3.22. The number of nitrogens with zero attached hydrogens (tertiary/aromatic N) is 2. The van der Waals surface area contributed by atoms with Crippen LogP contribution in [0.15, 0.2) is 27.8 Å². The van der Waals surface area contributed by atoms with Crippen LogP contribution in [0, 0.1) is 0 Å². The Morgan fingerprint density at radius 2 is 2.00 bits per heavy atom. The summed E-state index contributed by atoms with van der Waals surface area (Å²) in [4.78, 5) is 25.4. The van der Waals surface area contributed by atoms with E-state index >= 15 is 0 Å². The fraction of sp³-hybridized carbons (Fsp3) is 0.467. The number of rotatable bonds is 2. The van der Waals surface area contributed by atoms with Crippen molar-refractivity contribution in [3.05, 3.63) is 44.1 Å². The Hall–Kier alpha value is -1.59. The highest BCUT2D eigenvalue weighted by molar-refractivity contribution is 6.31. The number of hydrogen-bond donors (Lipinski definition) is 1. The molecule has 1 fully saturated rings. The van der Waals surface area contributed by atoms with E-state index in [9.17, 15) is 9.59 Å². The van der Waals surface area contributed by atoms with Crippen molar-refractivity contribution in [3.63, 3.8) is 0 Å². The first kappa shape index (κ1) is 14.4. The van der Waals surface area contributed by atoms with Gasteiger partial charge in [0, 0.05) is 17.6 Å². The first-order valence-electron chi connectivity index (χ1n) is 7.28. The molecule has 1 aromatic carbocycles. The normalized spacial score (nSPS) is 16.5. The van der Waals surface area contributed by atoms with Gasteiger partial charge in [-0.3, -0.25) is 13.9 Å². The molecule has 0 radical (unpaired) electrons. The van der Waals surface area contributed by atoms with Crippen LogP contribution in [0.2, 0.25) is 5.02 Å². The van der Waals surface area contributed by atoms with E-state index in [1.165, 1.54) is 4.57 Å². The predicted octanol–water partition coefficient (Wildman–Crippen LogP) is 1.76. The van der Waals surface area contributed by atoms with Crippen molar-refractivity contribution < 1.29 is 0 Å². The molecule has 0 aliphatic carbocycles. The molecule has 0 amide bonds. The van der Waals surface area contributed by atoms with Gasteiger partial charge >= 0.3 is 5.69 Å². The third-order valence-corrected chi connectivity index (χ3v) is 4.36. The lowest BCUT2D eigenvalue weighted by atomic mass is 10.1. The Bertz CT molecular complexity index is 788. The van der Waals surface area contributed by atoms with Crippen LogP contribution in [0.4, 0.5) is 0 Å². The molecule has 3 rings (SSSR count). The lowest BCUT2D eigenvalue weighted by Crippen LogP contribution is -2.45. The van der Waals surface area contributed by atoms with Crippen molar-refractivity contribution >= 4 is 22.5 Å². The molecule has 0 unspecified atom stereocenters. The summed E-state index contributed by atoms with van der Waals surface area (Å²) in [5, 5.41) is 4.34. The number of hydrogen-bond acceptors (Lipinski definition) is 3. The topological polar surface area (TPSA) is 56.0 Å². The number of nitrogens with one attached hydrogen (secondary N) is 1. The average molecular weight is 308 g/mol. The second kappa shape index (κ2) is 5.66. The Balaban J connectivity index is 2.33. The number of benzene rings is 1. The van der Waals surface area contributed by atoms with E-state index in [-0.39, 0.29) is 17.3 Å². The van der Waals surface area contributed by atoms with Crippen molar-refractivity contribution in [2.45, 2.75) is 32.4 Å². The first-order chi connectivity index (χ1) is 10.1. The monoisotopic (exact) mass is 307 g/mol. The fourth-order valence-electron chi connectivity index (χ4n) is 3.05. The van der Waals surface area contributed by atoms with Crippen LogP contribution in [0.3, 0.4) is 0 Å². The van der Waals surface area contributed by atoms with Crippen molar-refractivity contribution in [1.29, 1.82) is 0 Å². The Kier molecular flexibility index (Phi) is 3.87. The van der Waals surface area contributed by atoms with E-state index in [0.29, 0.717) is 22.5 Å². The van der Waals surface area contributed by atoms with Crippen LogP contribution in [-0.2, 0) is 6.54 Å². The molecule has 112 valence electrons. The molecule has 2 heterocycles. The maximum Gasteiger partial charge on any atom is 0.331 e. The first-order valence-corrected chi connectivity index (χ1v) is 7.66. The molecule has 0 saturated carbocycles. The van der Waals surface area contributed by atoms with Gasteiger partial charge in [0.05, 0.1) is 10.9 Å². The molecule has 1 saturated heterocycles. The molecule has 2 aromatic rings. The molecule has 0 atom stereocenters. The highest BCUT2D eigenvalue weighted by Crippen LogP contribution is 2.19. The summed E-state index contributed by atoms with van der Waals surface area (Å²) >= 11 is 6.01. The SMILES string of the molecule is CCn1c(=O)n(C2CCNCC2)c(=O)c2ccc(Cl)cc21. The standard InChI is InChI=1S/C15H18ClN3O2/c1-2-18-13-9-10(16)3-4-12(13)14(20)19(15(18)21)11-5-7-17-8-6-11/h3-4,9,11,17H,2,5-8H2,1H3. The molecular formula is C15H18ClN3O2. The van der Waals surface area contributed by atoms with Gasteiger partial charge in [-0.15, -0.1) is 0 Å². The number of piperidine rings is 1. The molecule has 1 aliphatic rings. The minimum absolute atomic E-state index is 0.0240.